The van der Waals surface area contributed by atoms with Crippen molar-refractivity contribution in [3.63, 3.8) is 0 Å². The highest BCUT2D eigenvalue weighted by molar-refractivity contribution is 9.10. The third kappa shape index (κ3) is 5.29. The van der Waals surface area contributed by atoms with Crippen molar-refractivity contribution in [2.24, 2.45) is 21.7 Å². The first kappa shape index (κ1) is 37.0. The smallest absolute Gasteiger partial charge is 0.282 e. The summed E-state index contributed by atoms with van der Waals surface area (Å²) in [5.41, 5.74) is 5.11. The first-order valence-corrected chi connectivity index (χ1v) is 17.7. The average molecular weight is 733 g/mol. The van der Waals surface area contributed by atoms with E-state index in [9.17, 15) is 4.79 Å². The summed E-state index contributed by atoms with van der Waals surface area (Å²) < 4.78 is 2.78. The van der Waals surface area contributed by atoms with Crippen molar-refractivity contribution in [1.29, 1.82) is 0 Å². The molecule has 0 saturated carbocycles. The summed E-state index contributed by atoms with van der Waals surface area (Å²) in [6, 6.07) is 13.5. The second-order valence-electron chi connectivity index (χ2n) is 17.2. The van der Waals surface area contributed by atoms with Gasteiger partial charge in [-0.2, -0.15) is 5.10 Å². The topological polar surface area (TPSA) is 50.2 Å². The van der Waals surface area contributed by atoms with Crippen molar-refractivity contribution < 1.29 is 4.79 Å². The van der Waals surface area contributed by atoms with Gasteiger partial charge in [-0.05, 0) is 85.1 Å². The zero-order valence-electron chi connectivity index (χ0n) is 30.4. The van der Waals surface area contributed by atoms with E-state index in [4.69, 9.17) is 28.3 Å². The maximum atomic E-state index is 15.0. The number of nitrogens with zero attached hydrogens (tertiary/aromatic N) is 3. The van der Waals surface area contributed by atoms with Crippen LogP contribution in [0.25, 0.3) is 16.9 Å². The highest BCUT2D eigenvalue weighted by atomic mass is 79.9. The molecule has 1 aromatic heterocycles. The van der Waals surface area contributed by atoms with E-state index in [-0.39, 0.29) is 27.6 Å². The van der Waals surface area contributed by atoms with Gasteiger partial charge in [0.15, 0.2) is 5.69 Å². The Hall–Kier alpha value is -1.86. The molecule has 1 aliphatic rings. The summed E-state index contributed by atoms with van der Waals surface area (Å²) in [5, 5.41) is 8.33. The summed E-state index contributed by atoms with van der Waals surface area (Å²) in [4.78, 5) is 15.0. The number of hydrazine groups is 1. The van der Waals surface area contributed by atoms with Gasteiger partial charge in [0.25, 0.3) is 5.91 Å². The predicted octanol–water partition coefficient (Wildman–Crippen LogP) is 11.5. The zero-order chi connectivity index (χ0) is 35.2. The van der Waals surface area contributed by atoms with Gasteiger partial charge in [-0.1, -0.05) is 127 Å². The average Bonchev–Trinajstić information content (AvgIpc) is 3.31. The lowest BCUT2D eigenvalue weighted by Gasteiger charge is -2.73. The van der Waals surface area contributed by atoms with E-state index in [0.29, 0.717) is 21.4 Å². The summed E-state index contributed by atoms with van der Waals surface area (Å²) in [5.74, 6) is -0.248. The summed E-state index contributed by atoms with van der Waals surface area (Å²) in [6.45, 7) is 34.0. The predicted molar refractivity (Wildman–Crippen MR) is 198 cm³/mol. The molecule has 3 aromatic rings. The number of carbonyl (C=O) groups excluding carboxylic acids is 1. The quantitative estimate of drug-likeness (QED) is 0.284. The van der Waals surface area contributed by atoms with Gasteiger partial charge >= 0.3 is 0 Å². The second kappa shape index (κ2) is 11.4. The molecule has 2 aromatic carbocycles. The molecule has 1 amide bonds. The van der Waals surface area contributed by atoms with Gasteiger partial charge in [-0.15, -0.1) is 0 Å². The first-order valence-electron chi connectivity index (χ1n) is 16.1. The molecule has 0 radical (unpaired) electrons. The van der Waals surface area contributed by atoms with Gasteiger partial charge < -0.3 is 0 Å². The van der Waals surface area contributed by atoms with Crippen LogP contribution in [0, 0.1) is 21.7 Å². The van der Waals surface area contributed by atoms with Crippen LogP contribution >= 0.6 is 39.1 Å². The van der Waals surface area contributed by atoms with E-state index >= 15 is 0 Å². The molecular formula is C38H53BrCl2N4O. The third-order valence-corrected chi connectivity index (χ3v) is 14.4. The number of amides is 1. The lowest BCUT2D eigenvalue weighted by molar-refractivity contribution is -0.259. The lowest BCUT2D eigenvalue weighted by atomic mass is 9.42. The molecule has 8 heteroatoms. The summed E-state index contributed by atoms with van der Waals surface area (Å²) >= 11 is 16.8. The normalized spacial score (nSPS) is 20.4. The van der Waals surface area contributed by atoms with Crippen LogP contribution in [0.2, 0.25) is 10.0 Å². The van der Waals surface area contributed by atoms with E-state index < -0.39 is 16.5 Å². The monoisotopic (exact) mass is 730 g/mol. The van der Waals surface area contributed by atoms with Crippen LogP contribution in [0.1, 0.15) is 120 Å². The van der Waals surface area contributed by atoms with Crippen LogP contribution in [-0.4, -0.2) is 31.8 Å². The highest BCUT2D eigenvalue weighted by Gasteiger charge is 2.68. The number of piperidine rings is 1. The zero-order valence-corrected chi connectivity index (χ0v) is 33.5. The standard InChI is InChI=1S/C38H53BrCl2N4O/c1-32(2,3)33(4,5)28-29(31(46)43-45-37(12,13)35(8,9)34(6,7)36(10,11)38(45,14)15)42-44(27-21-20-25(40)22-26(27)41)30(28)23-16-18-24(39)19-17-23/h16-22H,1-15H3,(H,43,46). The number of nitrogens with one attached hydrogen (secondary N) is 1. The number of hydrogen-bond acceptors (Lipinski definition) is 3. The Labute approximate surface area is 295 Å². The Kier molecular flexibility index (Phi) is 9.12. The molecule has 2 heterocycles. The Morgan fingerprint density at radius 1 is 0.783 bits per heavy atom. The van der Waals surface area contributed by atoms with Crippen LogP contribution in [0.4, 0.5) is 0 Å². The van der Waals surface area contributed by atoms with Gasteiger partial charge in [0, 0.05) is 31.7 Å². The van der Waals surface area contributed by atoms with Crippen LogP contribution < -0.4 is 5.43 Å². The first-order chi connectivity index (χ1) is 20.7. The van der Waals surface area contributed by atoms with E-state index in [2.05, 4.69) is 142 Å². The van der Waals surface area contributed by atoms with Crippen molar-refractivity contribution in [3.05, 3.63) is 68.2 Å². The molecule has 1 saturated heterocycles. The highest BCUT2D eigenvalue weighted by Crippen LogP contribution is 2.66. The van der Waals surface area contributed by atoms with E-state index in [1.165, 1.54) is 0 Å². The number of halogens is 3. The molecule has 0 aliphatic carbocycles. The fraction of sp³-hybridized carbons (Fsp3) is 0.579. The summed E-state index contributed by atoms with van der Waals surface area (Å²) in [6.07, 6.45) is 0. The third-order valence-electron chi connectivity index (χ3n) is 13.4. The van der Waals surface area contributed by atoms with Crippen LogP contribution in [0.5, 0.6) is 0 Å². The van der Waals surface area contributed by atoms with Gasteiger partial charge in [-0.3, -0.25) is 10.2 Å². The molecular weight excluding hydrogens is 679 g/mol. The van der Waals surface area contributed by atoms with Crippen molar-refractivity contribution in [2.75, 3.05) is 0 Å². The Balaban J connectivity index is 2.06. The van der Waals surface area contributed by atoms with Gasteiger partial charge in [0.05, 0.1) is 16.4 Å². The van der Waals surface area contributed by atoms with Crippen LogP contribution in [0.3, 0.4) is 0 Å². The molecule has 0 spiro atoms. The molecule has 4 rings (SSSR count). The number of hydrogen-bond donors (Lipinski definition) is 1. The molecule has 0 unspecified atom stereocenters. The molecule has 0 bridgehead atoms. The van der Waals surface area contributed by atoms with Crippen molar-refractivity contribution >= 4 is 45.0 Å². The van der Waals surface area contributed by atoms with Crippen LogP contribution in [0.15, 0.2) is 46.9 Å². The van der Waals surface area contributed by atoms with E-state index in [1.807, 2.05) is 22.9 Å². The fourth-order valence-corrected chi connectivity index (χ4v) is 8.00. The molecule has 1 aliphatic heterocycles. The number of benzene rings is 2. The maximum absolute atomic E-state index is 15.0. The minimum atomic E-state index is -0.493. The molecule has 1 fully saturated rings. The van der Waals surface area contributed by atoms with Gasteiger partial charge in [-0.25, -0.2) is 9.69 Å². The maximum Gasteiger partial charge on any atom is 0.286 e. The van der Waals surface area contributed by atoms with Crippen molar-refractivity contribution in [3.8, 4) is 16.9 Å². The van der Waals surface area contributed by atoms with Gasteiger partial charge in [0.1, 0.15) is 0 Å². The molecule has 46 heavy (non-hydrogen) atoms. The van der Waals surface area contributed by atoms with Crippen LogP contribution in [-0.2, 0) is 5.41 Å². The van der Waals surface area contributed by atoms with Crippen molar-refractivity contribution in [1.82, 2.24) is 20.2 Å². The number of aromatic nitrogens is 2. The lowest BCUT2D eigenvalue weighted by Crippen LogP contribution is -2.80. The number of carbonyl (C=O) groups is 1. The SMILES string of the molecule is CC(C)(C)C(C)(C)c1c(C(=O)NN2C(C)(C)C(C)(C)C(C)(C)C(C)(C)C2(C)C)nn(-c2ccc(Cl)cc2Cl)c1-c1ccc(Br)cc1. The molecule has 252 valence electrons. The van der Waals surface area contributed by atoms with E-state index in [1.54, 1.807) is 12.1 Å². The number of rotatable bonds is 5. The molecule has 0 atom stereocenters. The van der Waals surface area contributed by atoms with Gasteiger partial charge in [0.2, 0.25) is 0 Å². The Bertz CT molecular complexity index is 1630. The van der Waals surface area contributed by atoms with E-state index in [0.717, 1.165) is 21.3 Å². The minimum Gasteiger partial charge on any atom is -0.282 e. The second-order valence-corrected chi connectivity index (χ2v) is 19.0. The fourth-order valence-electron chi connectivity index (χ4n) is 7.25. The Morgan fingerprint density at radius 3 is 1.74 bits per heavy atom. The minimum absolute atomic E-state index is 0.0602. The Morgan fingerprint density at radius 2 is 1.28 bits per heavy atom. The largest absolute Gasteiger partial charge is 0.286 e. The van der Waals surface area contributed by atoms with Crippen molar-refractivity contribution in [2.45, 2.75) is 120 Å². The molecule has 5 nitrogen and oxygen atoms in total. The summed E-state index contributed by atoms with van der Waals surface area (Å²) in [7, 11) is 0. The molecule has 1 N–H and O–H groups in total.